The molecule has 21 heavy (non-hydrogen) atoms. The van der Waals surface area contributed by atoms with E-state index in [1.807, 2.05) is 24.3 Å². The van der Waals surface area contributed by atoms with E-state index < -0.39 is 0 Å². The lowest BCUT2D eigenvalue weighted by molar-refractivity contribution is -0.123. The first-order chi connectivity index (χ1) is 10.1. The third-order valence-corrected chi connectivity index (χ3v) is 4.17. The van der Waals surface area contributed by atoms with Crippen LogP contribution in [0, 0.1) is 5.92 Å². The molecule has 1 saturated heterocycles. The number of likely N-dealkylation sites (tertiary alicyclic amines) is 1. The van der Waals surface area contributed by atoms with Gasteiger partial charge in [0.05, 0.1) is 17.9 Å². The molecule has 112 valence electrons. The molecule has 0 radical (unpaired) electrons. The molecule has 5 heteroatoms. The van der Waals surface area contributed by atoms with Crippen molar-refractivity contribution in [2.45, 2.75) is 19.8 Å². The molecule has 0 aliphatic carbocycles. The molecule has 0 bridgehead atoms. The summed E-state index contributed by atoms with van der Waals surface area (Å²) in [5.74, 6) is 0.518. The topological polar surface area (TPSA) is 52.7 Å². The van der Waals surface area contributed by atoms with Crippen LogP contribution in [0.25, 0.3) is 0 Å². The Labute approximate surface area is 124 Å². The van der Waals surface area contributed by atoms with Crippen LogP contribution in [0.15, 0.2) is 24.3 Å². The predicted molar refractivity (Wildman–Crippen MR) is 82.3 cm³/mol. The first kappa shape index (κ1) is 14.1. The van der Waals surface area contributed by atoms with Crippen molar-refractivity contribution in [3.63, 3.8) is 0 Å². The maximum absolute atomic E-state index is 12.6. The van der Waals surface area contributed by atoms with Gasteiger partial charge in [-0.1, -0.05) is 19.1 Å². The zero-order valence-electron chi connectivity index (χ0n) is 12.3. The molecule has 0 saturated carbocycles. The lowest BCUT2D eigenvalue weighted by atomic mass is 10.0. The van der Waals surface area contributed by atoms with E-state index in [9.17, 15) is 9.59 Å². The van der Waals surface area contributed by atoms with Crippen LogP contribution in [0.2, 0.25) is 0 Å². The number of amides is 2. The minimum absolute atomic E-state index is 0.00593. The summed E-state index contributed by atoms with van der Waals surface area (Å²) in [7, 11) is 0. The second-order valence-electron chi connectivity index (χ2n) is 6.03. The molecule has 0 spiro atoms. The number of anilines is 2. The number of piperidine rings is 1. The van der Waals surface area contributed by atoms with Gasteiger partial charge in [0, 0.05) is 6.54 Å². The predicted octanol–water partition coefficient (Wildman–Crippen LogP) is 1.70. The van der Waals surface area contributed by atoms with Crippen LogP contribution in [0.4, 0.5) is 11.4 Å². The van der Waals surface area contributed by atoms with Crippen LogP contribution < -0.4 is 10.2 Å². The van der Waals surface area contributed by atoms with Gasteiger partial charge in [-0.3, -0.25) is 19.4 Å². The van der Waals surface area contributed by atoms with Crippen LogP contribution in [-0.4, -0.2) is 42.9 Å². The van der Waals surface area contributed by atoms with Crippen LogP contribution in [0.3, 0.4) is 0 Å². The van der Waals surface area contributed by atoms with Crippen molar-refractivity contribution in [3.05, 3.63) is 24.3 Å². The Morgan fingerprint density at radius 2 is 2.19 bits per heavy atom. The molecule has 2 aliphatic heterocycles. The summed E-state index contributed by atoms with van der Waals surface area (Å²) in [4.78, 5) is 28.2. The number of nitrogens with zero attached hydrogens (tertiary/aromatic N) is 2. The van der Waals surface area contributed by atoms with Crippen molar-refractivity contribution in [1.29, 1.82) is 0 Å². The molecule has 0 unspecified atom stereocenters. The van der Waals surface area contributed by atoms with Gasteiger partial charge >= 0.3 is 0 Å². The minimum atomic E-state index is -0.130. The quantitative estimate of drug-likeness (QED) is 0.901. The summed E-state index contributed by atoms with van der Waals surface area (Å²) in [6.45, 7) is 4.66. The third kappa shape index (κ3) is 3.08. The Balaban J connectivity index is 1.74. The molecule has 5 nitrogen and oxygen atoms in total. The first-order valence-corrected chi connectivity index (χ1v) is 7.55. The van der Waals surface area contributed by atoms with E-state index in [0.717, 1.165) is 25.2 Å². The summed E-state index contributed by atoms with van der Waals surface area (Å²) < 4.78 is 0. The second-order valence-corrected chi connectivity index (χ2v) is 6.03. The van der Waals surface area contributed by atoms with Crippen molar-refractivity contribution in [3.8, 4) is 0 Å². The van der Waals surface area contributed by atoms with E-state index in [-0.39, 0.29) is 18.4 Å². The summed E-state index contributed by atoms with van der Waals surface area (Å²) in [5.41, 5.74) is 1.52. The minimum Gasteiger partial charge on any atom is -0.323 e. The zero-order chi connectivity index (χ0) is 14.8. The molecule has 0 aromatic heterocycles. The van der Waals surface area contributed by atoms with Crippen molar-refractivity contribution >= 4 is 23.2 Å². The number of hydrogen-bond donors (Lipinski definition) is 1. The van der Waals surface area contributed by atoms with Crippen LogP contribution >= 0.6 is 0 Å². The number of para-hydroxylation sites is 2. The molecular formula is C16H21N3O2. The summed E-state index contributed by atoms with van der Waals surface area (Å²) in [5, 5.41) is 2.81. The summed E-state index contributed by atoms with van der Waals surface area (Å²) in [6.07, 6.45) is 2.38. The average Bonchev–Trinajstić information content (AvgIpc) is 2.46. The van der Waals surface area contributed by atoms with Crippen LogP contribution in [0.1, 0.15) is 19.8 Å². The van der Waals surface area contributed by atoms with Crippen molar-refractivity contribution in [2.75, 3.05) is 36.4 Å². The lowest BCUT2D eigenvalue weighted by Crippen LogP contribution is -2.48. The summed E-state index contributed by atoms with van der Waals surface area (Å²) >= 11 is 0. The van der Waals surface area contributed by atoms with Crippen molar-refractivity contribution in [2.24, 2.45) is 5.92 Å². The van der Waals surface area contributed by atoms with Crippen molar-refractivity contribution in [1.82, 2.24) is 4.90 Å². The highest BCUT2D eigenvalue weighted by Gasteiger charge is 2.28. The Bertz CT molecular complexity index is 558. The van der Waals surface area contributed by atoms with Gasteiger partial charge in [-0.25, -0.2) is 0 Å². The fourth-order valence-electron chi connectivity index (χ4n) is 3.16. The van der Waals surface area contributed by atoms with Crippen molar-refractivity contribution < 1.29 is 9.59 Å². The molecule has 1 aromatic rings. The van der Waals surface area contributed by atoms with E-state index in [1.54, 1.807) is 4.90 Å². The van der Waals surface area contributed by atoms with Crippen LogP contribution in [0.5, 0.6) is 0 Å². The Hall–Kier alpha value is -1.88. The number of nitrogens with one attached hydrogen (secondary N) is 1. The second kappa shape index (κ2) is 5.85. The molecule has 1 N–H and O–H groups in total. The Morgan fingerprint density at radius 1 is 1.38 bits per heavy atom. The fourth-order valence-corrected chi connectivity index (χ4v) is 3.16. The van der Waals surface area contributed by atoms with E-state index in [1.165, 1.54) is 6.42 Å². The number of carbonyl (C=O) groups is 2. The van der Waals surface area contributed by atoms with Crippen LogP contribution in [-0.2, 0) is 9.59 Å². The molecule has 2 aliphatic rings. The number of benzene rings is 1. The lowest BCUT2D eigenvalue weighted by Gasteiger charge is -2.34. The Morgan fingerprint density at radius 3 is 3.00 bits per heavy atom. The highest BCUT2D eigenvalue weighted by atomic mass is 16.2. The van der Waals surface area contributed by atoms with Gasteiger partial charge in [0.15, 0.2) is 0 Å². The maximum atomic E-state index is 12.6. The smallest absolute Gasteiger partial charge is 0.244 e. The standard InChI is InChI=1S/C16H21N3O2/c1-12-5-4-8-18(9-12)11-16(21)19-10-15(20)17-13-6-2-3-7-14(13)19/h2-3,6-7,12H,4-5,8-11H2,1H3,(H,17,20)/t12-/m0/s1. The highest BCUT2D eigenvalue weighted by molar-refractivity contribution is 6.10. The van der Waals surface area contributed by atoms with Gasteiger partial charge in [-0.15, -0.1) is 0 Å². The monoisotopic (exact) mass is 287 g/mol. The van der Waals surface area contributed by atoms with Gasteiger partial charge in [0.1, 0.15) is 6.54 Å². The van der Waals surface area contributed by atoms with E-state index in [4.69, 9.17) is 0 Å². The van der Waals surface area contributed by atoms with E-state index >= 15 is 0 Å². The number of hydrogen-bond acceptors (Lipinski definition) is 3. The van der Waals surface area contributed by atoms with Gasteiger partial charge < -0.3 is 5.32 Å². The molecule has 1 atom stereocenters. The van der Waals surface area contributed by atoms with Gasteiger partial charge in [0.2, 0.25) is 11.8 Å². The highest BCUT2D eigenvalue weighted by Crippen LogP contribution is 2.29. The molecule has 3 rings (SSSR count). The number of rotatable bonds is 2. The first-order valence-electron chi connectivity index (χ1n) is 7.55. The fraction of sp³-hybridized carbons (Fsp3) is 0.500. The SMILES string of the molecule is C[C@H]1CCCN(CC(=O)N2CC(=O)Nc3ccccc32)C1. The largest absolute Gasteiger partial charge is 0.323 e. The molecule has 2 amide bonds. The average molecular weight is 287 g/mol. The molecule has 1 aromatic carbocycles. The van der Waals surface area contributed by atoms with Gasteiger partial charge in [-0.2, -0.15) is 0 Å². The third-order valence-electron chi connectivity index (χ3n) is 4.17. The summed E-state index contributed by atoms with van der Waals surface area (Å²) in [6, 6.07) is 7.46. The van der Waals surface area contributed by atoms with E-state index in [0.29, 0.717) is 18.2 Å². The normalized spacial score (nSPS) is 22.6. The maximum Gasteiger partial charge on any atom is 0.244 e. The Kier molecular flexibility index (Phi) is 3.92. The van der Waals surface area contributed by atoms with E-state index in [2.05, 4.69) is 17.1 Å². The van der Waals surface area contributed by atoms with Gasteiger partial charge in [-0.05, 0) is 37.4 Å². The number of fused-ring (bicyclic) bond motifs is 1. The molecular weight excluding hydrogens is 266 g/mol. The van der Waals surface area contributed by atoms with Gasteiger partial charge in [0.25, 0.3) is 0 Å². The zero-order valence-corrected chi connectivity index (χ0v) is 12.3. The molecule has 1 fully saturated rings. The molecule has 2 heterocycles. The number of carbonyl (C=O) groups excluding carboxylic acids is 2.